The predicted octanol–water partition coefficient (Wildman–Crippen LogP) is 3.66. The van der Waals surface area contributed by atoms with Gasteiger partial charge in [0.15, 0.2) is 16.7 Å². The Balaban J connectivity index is 1.78. The van der Waals surface area contributed by atoms with E-state index in [4.69, 9.17) is 10.2 Å². The van der Waals surface area contributed by atoms with E-state index in [0.29, 0.717) is 23.3 Å². The summed E-state index contributed by atoms with van der Waals surface area (Å²) in [5, 5.41) is 11.5. The second-order valence-electron chi connectivity index (χ2n) is 7.14. The number of nitrogens with zero attached hydrogens (tertiary/aromatic N) is 3. The summed E-state index contributed by atoms with van der Waals surface area (Å²) in [6, 6.07) is 11.3. The predicted molar refractivity (Wildman–Crippen MR) is 116 cm³/mol. The fourth-order valence-corrected chi connectivity index (χ4v) is 3.82. The van der Waals surface area contributed by atoms with E-state index < -0.39 is 11.2 Å². The van der Waals surface area contributed by atoms with E-state index >= 15 is 0 Å². The van der Waals surface area contributed by atoms with Gasteiger partial charge in [0.05, 0.1) is 11.5 Å². The number of rotatable bonds is 9. The minimum absolute atomic E-state index is 0.127. The number of carbonyl (C=O) groups excluding carboxylic acids is 2. The molecular formula is C21H25N5O3S. The number of nitrogens with one attached hydrogen (secondary N) is 1. The van der Waals surface area contributed by atoms with Crippen LogP contribution in [-0.2, 0) is 16.1 Å². The van der Waals surface area contributed by atoms with Crippen LogP contribution in [0.1, 0.15) is 38.7 Å². The summed E-state index contributed by atoms with van der Waals surface area (Å²) in [5.74, 6) is 0.735. The first-order valence-electron chi connectivity index (χ1n) is 9.68. The lowest BCUT2D eigenvalue weighted by Crippen LogP contribution is -2.24. The van der Waals surface area contributed by atoms with Crippen molar-refractivity contribution in [2.75, 3.05) is 5.32 Å². The molecule has 2 aromatic heterocycles. The van der Waals surface area contributed by atoms with Crippen LogP contribution in [0.25, 0.3) is 11.6 Å². The molecule has 3 aromatic rings. The van der Waals surface area contributed by atoms with Crippen LogP contribution < -0.4 is 11.1 Å². The zero-order chi connectivity index (χ0) is 21.7. The van der Waals surface area contributed by atoms with Crippen LogP contribution in [0, 0.1) is 0 Å². The van der Waals surface area contributed by atoms with Crippen molar-refractivity contribution in [2.45, 2.75) is 50.1 Å². The van der Waals surface area contributed by atoms with Gasteiger partial charge < -0.3 is 15.5 Å². The highest BCUT2D eigenvalue weighted by Crippen LogP contribution is 2.29. The van der Waals surface area contributed by atoms with Gasteiger partial charge in [0.1, 0.15) is 0 Å². The number of aromatic nitrogens is 3. The molecule has 0 bridgehead atoms. The van der Waals surface area contributed by atoms with E-state index in [0.717, 1.165) is 11.3 Å². The molecule has 0 spiro atoms. The van der Waals surface area contributed by atoms with Crippen LogP contribution in [0.4, 0.5) is 5.69 Å². The molecule has 3 rings (SSSR count). The molecule has 0 aliphatic carbocycles. The first kappa shape index (κ1) is 21.6. The standard InChI is InChI=1S/C21H25N5O3S/c1-13(2)15-7-4-5-8-16(15)23-20(28)14(3)30-21-25-24-19(17-9-6-12-29-17)26(21)11-10-18(22)27/h4-9,12-14H,10-11H2,1-3H3,(H2,22,27)(H,23,28). The molecule has 9 heteroatoms. The number of para-hydroxylation sites is 1. The summed E-state index contributed by atoms with van der Waals surface area (Å²) >= 11 is 1.27. The fraction of sp³-hybridized carbons (Fsp3) is 0.333. The van der Waals surface area contributed by atoms with Gasteiger partial charge >= 0.3 is 0 Å². The Hall–Kier alpha value is -3.07. The normalized spacial score (nSPS) is 12.1. The van der Waals surface area contributed by atoms with Gasteiger partial charge in [-0.2, -0.15) is 0 Å². The molecule has 0 aliphatic heterocycles. The Bertz CT molecular complexity index is 1010. The minimum Gasteiger partial charge on any atom is -0.461 e. The summed E-state index contributed by atoms with van der Waals surface area (Å²) in [5.41, 5.74) is 7.19. The minimum atomic E-state index is -0.439. The first-order valence-corrected chi connectivity index (χ1v) is 10.6. The van der Waals surface area contributed by atoms with Crippen molar-refractivity contribution in [1.29, 1.82) is 0 Å². The first-order chi connectivity index (χ1) is 14.4. The van der Waals surface area contributed by atoms with E-state index in [1.807, 2.05) is 24.3 Å². The van der Waals surface area contributed by atoms with Crippen molar-refractivity contribution in [3.8, 4) is 11.6 Å². The molecule has 2 heterocycles. The number of hydrogen-bond acceptors (Lipinski definition) is 6. The zero-order valence-electron chi connectivity index (χ0n) is 17.2. The Labute approximate surface area is 179 Å². The van der Waals surface area contributed by atoms with Crippen molar-refractivity contribution in [3.63, 3.8) is 0 Å². The molecule has 30 heavy (non-hydrogen) atoms. The van der Waals surface area contributed by atoms with E-state index in [9.17, 15) is 9.59 Å². The maximum absolute atomic E-state index is 12.8. The van der Waals surface area contributed by atoms with Crippen LogP contribution in [0.15, 0.2) is 52.2 Å². The summed E-state index contributed by atoms with van der Waals surface area (Å²) in [7, 11) is 0. The van der Waals surface area contributed by atoms with E-state index in [1.165, 1.54) is 18.0 Å². The quantitative estimate of drug-likeness (QED) is 0.504. The number of amides is 2. The lowest BCUT2D eigenvalue weighted by atomic mass is 10.0. The summed E-state index contributed by atoms with van der Waals surface area (Å²) in [6.07, 6.45) is 1.67. The van der Waals surface area contributed by atoms with Crippen LogP contribution in [-0.4, -0.2) is 31.8 Å². The van der Waals surface area contributed by atoms with Gasteiger partial charge in [-0.25, -0.2) is 0 Å². The molecule has 1 aromatic carbocycles. The Morgan fingerprint density at radius 3 is 2.60 bits per heavy atom. The molecule has 0 saturated heterocycles. The molecule has 0 radical (unpaired) electrons. The van der Waals surface area contributed by atoms with E-state index in [2.05, 4.69) is 29.4 Å². The highest BCUT2D eigenvalue weighted by Gasteiger charge is 2.23. The SMILES string of the molecule is CC(Sc1nnc(-c2ccco2)n1CCC(N)=O)C(=O)Nc1ccccc1C(C)C. The van der Waals surface area contributed by atoms with Crippen LogP contribution in [0.5, 0.6) is 0 Å². The highest BCUT2D eigenvalue weighted by atomic mass is 32.2. The molecule has 1 unspecified atom stereocenters. The smallest absolute Gasteiger partial charge is 0.237 e. The third kappa shape index (κ3) is 5.10. The molecule has 2 amide bonds. The maximum atomic E-state index is 12.8. The van der Waals surface area contributed by atoms with Gasteiger partial charge in [0.25, 0.3) is 0 Å². The van der Waals surface area contributed by atoms with E-state index in [-0.39, 0.29) is 18.2 Å². The third-order valence-corrected chi connectivity index (χ3v) is 5.61. The van der Waals surface area contributed by atoms with Crippen molar-refractivity contribution in [1.82, 2.24) is 14.8 Å². The largest absolute Gasteiger partial charge is 0.461 e. The topological polar surface area (TPSA) is 116 Å². The average Bonchev–Trinajstić information content (AvgIpc) is 3.36. The van der Waals surface area contributed by atoms with Gasteiger partial charge in [0, 0.05) is 18.7 Å². The fourth-order valence-electron chi connectivity index (χ4n) is 2.95. The number of benzene rings is 1. The van der Waals surface area contributed by atoms with Crippen LogP contribution >= 0.6 is 11.8 Å². The molecule has 0 aliphatic rings. The summed E-state index contributed by atoms with van der Waals surface area (Å²) in [4.78, 5) is 24.1. The lowest BCUT2D eigenvalue weighted by molar-refractivity contribution is -0.118. The Morgan fingerprint density at radius 2 is 1.93 bits per heavy atom. The molecule has 0 fully saturated rings. The van der Waals surface area contributed by atoms with Gasteiger partial charge in [-0.3, -0.25) is 14.2 Å². The summed E-state index contributed by atoms with van der Waals surface area (Å²) in [6.45, 7) is 6.27. The number of primary amides is 1. The number of thioether (sulfide) groups is 1. The average molecular weight is 428 g/mol. The van der Waals surface area contributed by atoms with Crippen molar-refractivity contribution in [2.24, 2.45) is 5.73 Å². The van der Waals surface area contributed by atoms with Crippen molar-refractivity contribution in [3.05, 3.63) is 48.2 Å². The van der Waals surface area contributed by atoms with Gasteiger partial charge in [-0.1, -0.05) is 43.8 Å². The second-order valence-corrected chi connectivity index (χ2v) is 8.45. The molecule has 8 nitrogen and oxygen atoms in total. The maximum Gasteiger partial charge on any atom is 0.237 e. The van der Waals surface area contributed by atoms with Crippen molar-refractivity contribution < 1.29 is 14.0 Å². The third-order valence-electron chi connectivity index (χ3n) is 4.53. The van der Waals surface area contributed by atoms with E-state index in [1.54, 1.807) is 23.6 Å². The number of anilines is 1. The summed E-state index contributed by atoms with van der Waals surface area (Å²) < 4.78 is 7.17. The monoisotopic (exact) mass is 427 g/mol. The highest BCUT2D eigenvalue weighted by molar-refractivity contribution is 8.00. The lowest BCUT2D eigenvalue weighted by Gasteiger charge is -2.16. The molecular weight excluding hydrogens is 402 g/mol. The van der Waals surface area contributed by atoms with Crippen LogP contribution in [0.3, 0.4) is 0 Å². The number of furan rings is 1. The number of hydrogen-bond donors (Lipinski definition) is 2. The zero-order valence-corrected chi connectivity index (χ0v) is 18.0. The molecule has 0 saturated carbocycles. The Kier molecular flexibility index (Phi) is 6.94. The van der Waals surface area contributed by atoms with Gasteiger partial charge in [0.2, 0.25) is 11.8 Å². The second kappa shape index (κ2) is 9.62. The van der Waals surface area contributed by atoms with Gasteiger partial charge in [-0.05, 0) is 36.6 Å². The van der Waals surface area contributed by atoms with Gasteiger partial charge in [-0.15, -0.1) is 10.2 Å². The molecule has 3 N–H and O–H groups in total. The Morgan fingerprint density at radius 1 is 1.17 bits per heavy atom. The van der Waals surface area contributed by atoms with Crippen molar-refractivity contribution >= 4 is 29.3 Å². The molecule has 158 valence electrons. The van der Waals surface area contributed by atoms with Crippen LogP contribution in [0.2, 0.25) is 0 Å². The molecule has 1 atom stereocenters. The number of nitrogens with two attached hydrogens (primary N) is 1. The number of carbonyl (C=O) groups is 2.